The maximum Gasteiger partial charge on any atom is 0.497 e. The smallest absolute Gasteiger partial charge is 0.455 e. The number of halogens is 1. The second-order valence-corrected chi connectivity index (χ2v) is 13.4. The number of amides is 1. The standard InChI is InChI=1S/C25H32BFN2O5S/c1-24(2)25(3,4)34-26(33-24)18-13-17-20(14-19(18)29(6)35(7,8)31)32-22(21(17)23(30)28-5)15-9-11-16(27)12-10-15/h9-14,35H,1-8H3,(H,28,30). The summed E-state index contributed by atoms with van der Waals surface area (Å²) < 4.78 is 47.1. The van der Waals surface area contributed by atoms with Gasteiger partial charge in [0.05, 0.1) is 22.5 Å². The van der Waals surface area contributed by atoms with Crippen LogP contribution in [0.15, 0.2) is 40.8 Å². The first-order valence-corrected chi connectivity index (χ1v) is 13.9. The monoisotopic (exact) mass is 502 g/mol. The number of nitrogens with zero attached hydrogens (tertiary/aromatic N) is 1. The van der Waals surface area contributed by atoms with Gasteiger partial charge < -0.3 is 23.3 Å². The molecule has 4 rings (SSSR count). The van der Waals surface area contributed by atoms with Crippen molar-refractivity contribution in [3.05, 3.63) is 47.8 Å². The number of hydrogen-bond donors (Lipinski definition) is 2. The summed E-state index contributed by atoms with van der Waals surface area (Å²) in [7, 11) is -0.188. The van der Waals surface area contributed by atoms with Gasteiger partial charge in [-0.1, -0.05) is 0 Å². The van der Waals surface area contributed by atoms with Gasteiger partial charge in [0.2, 0.25) is 0 Å². The molecule has 1 aliphatic rings. The van der Waals surface area contributed by atoms with Crippen LogP contribution in [0.1, 0.15) is 38.1 Å². The van der Waals surface area contributed by atoms with Crippen molar-refractivity contribution in [1.29, 1.82) is 0 Å². The van der Waals surface area contributed by atoms with Crippen LogP contribution in [0.25, 0.3) is 22.3 Å². The first kappa shape index (κ1) is 25.4. The zero-order valence-corrected chi connectivity index (χ0v) is 22.2. The third-order valence-corrected chi connectivity index (χ3v) is 8.64. The number of thiol groups is 1. The number of fused-ring (bicyclic) bond motifs is 1. The lowest BCUT2D eigenvalue weighted by atomic mass is 9.77. The van der Waals surface area contributed by atoms with Gasteiger partial charge in [0.25, 0.3) is 5.91 Å². The van der Waals surface area contributed by atoms with Crippen molar-refractivity contribution >= 4 is 45.3 Å². The largest absolute Gasteiger partial charge is 0.497 e. The number of rotatable bonds is 5. The number of nitrogens with one attached hydrogen (secondary N) is 1. The van der Waals surface area contributed by atoms with Gasteiger partial charge in [0, 0.05) is 49.1 Å². The molecule has 0 spiro atoms. The number of hydrogen-bond acceptors (Lipinski definition) is 5. The van der Waals surface area contributed by atoms with Crippen LogP contribution in [-0.2, 0) is 19.4 Å². The van der Waals surface area contributed by atoms with E-state index in [2.05, 4.69) is 5.32 Å². The van der Waals surface area contributed by atoms with Gasteiger partial charge >= 0.3 is 7.12 Å². The molecule has 1 fully saturated rings. The highest BCUT2D eigenvalue weighted by Gasteiger charge is 2.52. The predicted molar refractivity (Wildman–Crippen MR) is 141 cm³/mol. The topological polar surface area (TPSA) is 81.0 Å². The summed E-state index contributed by atoms with van der Waals surface area (Å²) in [6, 6.07) is 9.32. The summed E-state index contributed by atoms with van der Waals surface area (Å²) in [5, 5.41) is 3.22. The van der Waals surface area contributed by atoms with Crippen LogP contribution in [-0.4, -0.2) is 55.0 Å². The van der Waals surface area contributed by atoms with E-state index in [0.717, 1.165) is 0 Å². The molecule has 10 heteroatoms. The molecule has 0 bridgehead atoms. The predicted octanol–water partition coefficient (Wildman–Crippen LogP) is 3.53. The Balaban J connectivity index is 2.01. The van der Waals surface area contributed by atoms with Crippen molar-refractivity contribution in [2.24, 2.45) is 0 Å². The Kier molecular flexibility index (Phi) is 6.14. The molecular weight excluding hydrogens is 470 g/mol. The molecule has 0 radical (unpaired) electrons. The van der Waals surface area contributed by atoms with E-state index in [1.807, 2.05) is 27.7 Å². The molecule has 1 N–H and O–H groups in total. The highest BCUT2D eigenvalue weighted by Crippen LogP contribution is 2.40. The normalized spacial score (nSPS) is 17.6. The van der Waals surface area contributed by atoms with Crippen molar-refractivity contribution in [2.45, 2.75) is 38.9 Å². The summed E-state index contributed by atoms with van der Waals surface area (Å²) in [5.41, 5.74) is 1.38. The highest BCUT2D eigenvalue weighted by atomic mass is 32.3. The fraction of sp³-hybridized carbons (Fsp3) is 0.400. The minimum Gasteiger partial charge on any atom is -0.455 e. The first-order chi connectivity index (χ1) is 16.2. The average molecular weight is 502 g/mol. The molecule has 0 saturated carbocycles. The van der Waals surface area contributed by atoms with Crippen molar-refractivity contribution in [1.82, 2.24) is 5.32 Å². The lowest BCUT2D eigenvalue weighted by molar-refractivity contribution is 0.00578. The fourth-order valence-corrected chi connectivity index (χ4v) is 4.69. The number of anilines is 1. The van der Waals surface area contributed by atoms with Crippen LogP contribution in [0.3, 0.4) is 0 Å². The van der Waals surface area contributed by atoms with Crippen molar-refractivity contribution in [3.63, 3.8) is 0 Å². The quantitative estimate of drug-likeness (QED) is 0.412. The molecule has 3 aromatic rings. The lowest BCUT2D eigenvalue weighted by Crippen LogP contribution is -2.41. The van der Waals surface area contributed by atoms with E-state index in [1.165, 1.54) is 19.2 Å². The number of carbonyl (C=O) groups is 1. The van der Waals surface area contributed by atoms with Gasteiger partial charge in [-0.25, -0.2) is 4.39 Å². The molecule has 0 unspecified atom stereocenters. The summed E-state index contributed by atoms with van der Waals surface area (Å²) in [6.07, 6.45) is 3.35. The van der Waals surface area contributed by atoms with Crippen LogP contribution in [0.4, 0.5) is 10.1 Å². The van der Waals surface area contributed by atoms with Gasteiger partial charge in [0.1, 0.15) is 17.2 Å². The van der Waals surface area contributed by atoms with Gasteiger partial charge in [-0.3, -0.25) is 9.00 Å². The van der Waals surface area contributed by atoms with Crippen LogP contribution >= 0.6 is 0 Å². The van der Waals surface area contributed by atoms with Gasteiger partial charge in [-0.05, 0) is 68.1 Å². The van der Waals surface area contributed by atoms with Gasteiger partial charge in [0.15, 0.2) is 0 Å². The highest BCUT2D eigenvalue weighted by molar-refractivity contribution is 8.03. The van der Waals surface area contributed by atoms with Crippen LogP contribution in [0.5, 0.6) is 0 Å². The van der Waals surface area contributed by atoms with E-state index >= 15 is 0 Å². The Hall–Kier alpha value is -2.69. The molecule has 2 aromatic carbocycles. The van der Waals surface area contributed by atoms with E-state index in [-0.39, 0.29) is 11.7 Å². The third kappa shape index (κ3) is 4.39. The second-order valence-electron chi connectivity index (χ2n) is 10.2. The van der Waals surface area contributed by atoms with Gasteiger partial charge in [-0.15, -0.1) is 0 Å². The van der Waals surface area contributed by atoms with E-state index in [9.17, 15) is 13.4 Å². The molecule has 0 atom stereocenters. The van der Waals surface area contributed by atoms with E-state index in [4.69, 9.17) is 13.7 Å². The molecule has 188 valence electrons. The molecule has 1 aliphatic heterocycles. The maximum absolute atomic E-state index is 13.6. The Morgan fingerprint density at radius 2 is 1.63 bits per heavy atom. The Labute approximate surface area is 206 Å². The summed E-state index contributed by atoms with van der Waals surface area (Å²) in [5.74, 6) is -0.421. The number of benzene rings is 2. The molecule has 7 nitrogen and oxygen atoms in total. The molecule has 0 aliphatic carbocycles. The second kappa shape index (κ2) is 8.46. The molecule has 2 heterocycles. The molecule has 35 heavy (non-hydrogen) atoms. The summed E-state index contributed by atoms with van der Waals surface area (Å²) in [6.45, 7) is 7.83. The SMILES string of the molecule is CNC(=O)c1c(-c2ccc(F)cc2)oc2cc(N(C)[SH](C)(C)=O)c(B3OC(C)(C)C(C)(C)O3)cc12. The van der Waals surface area contributed by atoms with Crippen molar-refractivity contribution < 1.29 is 27.1 Å². The molecule has 1 saturated heterocycles. The lowest BCUT2D eigenvalue weighted by Gasteiger charge is -2.32. The third-order valence-electron chi connectivity index (χ3n) is 6.98. The van der Waals surface area contributed by atoms with Crippen LogP contribution in [0, 0.1) is 5.82 Å². The first-order valence-electron chi connectivity index (χ1n) is 11.4. The maximum atomic E-state index is 13.6. The average Bonchev–Trinajstić information content (AvgIpc) is 3.24. The number of furan rings is 1. The summed E-state index contributed by atoms with van der Waals surface area (Å²) in [4.78, 5) is 13.0. The van der Waals surface area contributed by atoms with Crippen molar-refractivity contribution in [3.8, 4) is 11.3 Å². The Bertz CT molecular complexity index is 1330. The fourth-order valence-electron chi connectivity index (χ4n) is 4.00. The van der Waals surface area contributed by atoms with E-state index in [0.29, 0.717) is 39.0 Å². The zero-order chi connectivity index (χ0) is 25.9. The Morgan fingerprint density at radius 1 is 1.06 bits per heavy atom. The molecule has 1 amide bonds. The zero-order valence-electron chi connectivity index (χ0n) is 21.4. The van der Waals surface area contributed by atoms with Crippen molar-refractivity contribution in [2.75, 3.05) is 30.9 Å². The van der Waals surface area contributed by atoms with Crippen LogP contribution in [0.2, 0.25) is 0 Å². The molecular formula is C25H32BFN2O5S. The minimum atomic E-state index is -2.72. The van der Waals surface area contributed by atoms with Crippen LogP contribution < -0.4 is 15.1 Å². The molecule has 1 aromatic heterocycles. The van der Waals surface area contributed by atoms with Gasteiger partial charge in [-0.2, -0.15) is 0 Å². The van der Waals surface area contributed by atoms with E-state index < -0.39 is 28.4 Å². The summed E-state index contributed by atoms with van der Waals surface area (Å²) >= 11 is 0. The minimum absolute atomic E-state index is 0.315. The number of carbonyl (C=O) groups excluding carboxylic acids is 1. The van der Waals surface area contributed by atoms with E-state index in [1.54, 1.807) is 48.1 Å². The Morgan fingerprint density at radius 3 is 2.14 bits per heavy atom.